The summed E-state index contributed by atoms with van der Waals surface area (Å²) in [7, 11) is 0. The smallest absolute Gasteiger partial charge is 0.270 e. The predicted octanol–water partition coefficient (Wildman–Crippen LogP) is 3.58. The van der Waals surface area contributed by atoms with E-state index in [0.29, 0.717) is 27.3 Å². The molecule has 0 aliphatic rings. The lowest BCUT2D eigenvalue weighted by atomic mass is 10.1. The molecule has 2 rings (SSSR count). The van der Waals surface area contributed by atoms with Crippen molar-refractivity contribution in [2.45, 2.75) is 19.4 Å². The van der Waals surface area contributed by atoms with Crippen molar-refractivity contribution in [3.05, 3.63) is 39.3 Å². The Kier molecular flexibility index (Phi) is 4.88. The fourth-order valence-corrected chi connectivity index (χ4v) is 2.96. The molecule has 0 saturated heterocycles. The molecule has 1 amide bonds. The molecule has 7 heteroatoms. The van der Waals surface area contributed by atoms with Crippen molar-refractivity contribution in [1.29, 1.82) is 0 Å². The van der Waals surface area contributed by atoms with Gasteiger partial charge in [-0.05, 0) is 32.0 Å². The molecule has 0 aliphatic carbocycles. The van der Waals surface area contributed by atoms with Crippen LogP contribution in [0.5, 0.6) is 0 Å². The summed E-state index contributed by atoms with van der Waals surface area (Å²) >= 11 is 13.4. The number of carbonyl (C=O) groups excluding carboxylic acids is 1. The van der Waals surface area contributed by atoms with E-state index in [9.17, 15) is 4.79 Å². The second-order valence-corrected chi connectivity index (χ2v) is 7.04. The molecule has 21 heavy (non-hydrogen) atoms. The van der Waals surface area contributed by atoms with E-state index in [1.54, 1.807) is 23.6 Å². The van der Waals surface area contributed by atoms with E-state index in [2.05, 4.69) is 10.3 Å². The average Bonchev–Trinajstić information content (AvgIpc) is 2.84. The Bertz CT molecular complexity index is 664. The molecule has 3 N–H and O–H groups in total. The van der Waals surface area contributed by atoms with Crippen LogP contribution in [0.1, 0.15) is 24.3 Å². The molecule has 0 aliphatic heterocycles. The number of nitrogens with zero attached hydrogens (tertiary/aromatic N) is 1. The van der Waals surface area contributed by atoms with Gasteiger partial charge in [-0.1, -0.05) is 23.2 Å². The minimum Gasteiger partial charge on any atom is -0.349 e. The first-order valence-electron chi connectivity index (χ1n) is 6.24. The average molecular weight is 344 g/mol. The third kappa shape index (κ3) is 4.41. The first-order valence-corrected chi connectivity index (χ1v) is 7.88. The van der Waals surface area contributed by atoms with Gasteiger partial charge >= 0.3 is 0 Å². The molecule has 0 radical (unpaired) electrons. The molecule has 0 bridgehead atoms. The molecule has 4 nitrogen and oxygen atoms in total. The number of hydrogen-bond donors (Lipinski definition) is 2. The van der Waals surface area contributed by atoms with Crippen molar-refractivity contribution in [3.63, 3.8) is 0 Å². The largest absolute Gasteiger partial charge is 0.349 e. The van der Waals surface area contributed by atoms with Gasteiger partial charge in [0.15, 0.2) is 0 Å². The molecule has 0 atom stereocenters. The normalized spacial score (nSPS) is 11.5. The van der Waals surface area contributed by atoms with Crippen LogP contribution >= 0.6 is 34.5 Å². The first kappa shape index (κ1) is 16.2. The third-order valence-corrected chi connectivity index (χ3v) is 4.03. The van der Waals surface area contributed by atoms with Crippen LogP contribution in [0.25, 0.3) is 10.6 Å². The van der Waals surface area contributed by atoms with Crippen LogP contribution in [0, 0.1) is 0 Å². The number of aromatic nitrogens is 1. The van der Waals surface area contributed by atoms with Crippen LogP contribution in [-0.4, -0.2) is 23.0 Å². The number of amides is 1. The van der Waals surface area contributed by atoms with Gasteiger partial charge in [0.1, 0.15) is 10.7 Å². The van der Waals surface area contributed by atoms with Crippen LogP contribution in [-0.2, 0) is 0 Å². The standard InChI is InChI=1S/C14H15Cl2N3OS/c1-14(2,17)7-18-12(20)11-6-21-13(19-11)9-4-3-8(15)5-10(9)16/h3-6H,7,17H2,1-2H3,(H,18,20). The van der Waals surface area contributed by atoms with E-state index in [4.69, 9.17) is 28.9 Å². The number of rotatable bonds is 4. The Hall–Kier alpha value is -1.14. The molecular formula is C14H15Cl2N3OS. The fraction of sp³-hybridized carbons (Fsp3) is 0.286. The SMILES string of the molecule is CC(C)(N)CNC(=O)c1csc(-c2ccc(Cl)cc2Cl)n1. The maximum Gasteiger partial charge on any atom is 0.270 e. The van der Waals surface area contributed by atoms with Gasteiger partial charge in [-0.25, -0.2) is 4.98 Å². The third-order valence-electron chi connectivity index (χ3n) is 2.60. The summed E-state index contributed by atoms with van der Waals surface area (Å²) in [6, 6.07) is 5.17. The number of hydrogen-bond acceptors (Lipinski definition) is 4. The predicted molar refractivity (Wildman–Crippen MR) is 88.2 cm³/mol. The zero-order chi connectivity index (χ0) is 15.6. The molecule has 0 fully saturated rings. The highest BCUT2D eigenvalue weighted by molar-refractivity contribution is 7.13. The van der Waals surface area contributed by atoms with Gasteiger partial charge in [0, 0.05) is 28.0 Å². The molecular weight excluding hydrogens is 329 g/mol. The van der Waals surface area contributed by atoms with Crippen molar-refractivity contribution >= 4 is 40.4 Å². The summed E-state index contributed by atoms with van der Waals surface area (Å²) in [4.78, 5) is 16.3. The fourth-order valence-electron chi connectivity index (χ4n) is 1.56. The van der Waals surface area contributed by atoms with E-state index in [-0.39, 0.29) is 5.91 Å². The van der Waals surface area contributed by atoms with Crippen molar-refractivity contribution < 1.29 is 4.79 Å². The highest BCUT2D eigenvalue weighted by Gasteiger charge is 2.16. The number of nitrogens with two attached hydrogens (primary N) is 1. The van der Waals surface area contributed by atoms with Crippen molar-refractivity contribution in [2.75, 3.05) is 6.54 Å². The molecule has 0 saturated carbocycles. The van der Waals surface area contributed by atoms with Gasteiger partial charge in [0.2, 0.25) is 0 Å². The number of thiazole rings is 1. The van der Waals surface area contributed by atoms with Crippen molar-refractivity contribution in [2.24, 2.45) is 5.73 Å². The summed E-state index contributed by atoms with van der Waals surface area (Å²) in [6.07, 6.45) is 0. The topological polar surface area (TPSA) is 68.0 Å². The zero-order valence-electron chi connectivity index (χ0n) is 11.6. The van der Waals surface area contributed by atoms with Crippen molar-refractivity contribution in [1.82, 2.24) is 10.3 Å². The van der Waals surface area contributed by atoms with Gasteiger partial charge in [0.05, 0.1) is 5.02 Å². The Balaban J connectivity index is 2.16. The monoisotopic (exact) mass is 343 g/mol. The second kappa shape index (κ2) is 6.32. The first-order chi connectivity index (χ1) is 9.76. The Morgan fingerprint density at radius 3 is 2.76 bits per heavy atom. The maximum atomic E-state index is 12.0. The highest BCUT2D eigenvalue weighted by Crippen LogP contribution is 2.32. The van der Waals surface area contributed by atoms with Crippen LogP contribution in [0.2, 0.25) is 10.0 Å². The lowest BCUT2D eigenvalue weighted by molar-refractivity contribution is 0.0942. The number of nitrogens with one attached hydrogen (secondary N) is 1. The molecule has 0 unspecified atom stereocenters. The van der Waals surface area contributed by atoms with Crippen LogP contribution in [0.4, 0.5) is 0 Å². The van der Waals surface area contributed by atoms with Gasteiger partial charge in [-0.3, -0.25) is 4.79 Å². The number of carbonyl (C=O) groups is 1. The number of halogens is 2. The summed E-state index contributed by atoms with van der Waals surface area (Å²) in [6.45, 7) is 4.06. The molecule has 112 valence electrons. The number of benzene rings is 1. The highest BCUT2D eigenvalue weighted by atomic mass is 35.5. The summed E-state index contributed by atoms with van der Waals surface area (Å²) in [5, 5.41) is 6.19. The summed E-state index contributed by atoms with van der Waals surface area (Å²) in [5.41, 5.74) is 6.47. The van der Waals surface area contributed by atoms with Crippen LogP contribution < -0.4 is 11.1 Å². The molecule has 2 aromatic rings. The minimum absolute atomic E-state index is 0.249. The van der Waals surface area contributed by atoms with Crippen LogP contribution in [0.3, 0.4) is 0 Å². The van der Waals surface area contributed by atoms with Crippen LogP contribution in [0.15, 0.2) is 23.6 Å². The van der Waals surface area contributed by atoms with E-state index in [1.807, 2.05) is 13.8 Å². The molecule has 0 spiro atoms. The second-order valence-electron chi connectivity index (χ2n) is 5.33. The molecule has 1 aromatic heterocycles. The Morgan fingerprint density at radius 2 is 2.14 bits per heavy atom. The van der Waals surface area contributed by atoms with Gasteiger partial charge in [-0.2, -0.15) is 0 Å². The van der Waals surface area contributed by atoms with E-state index in [1.165, 1.54) is 11.3 Å². The summed E-state index contributed by atoms with van der Waals surface area (Å²) < 4.78 is 0. The van der Waals surface area contributed by atoms with E-state index in [0.717, 1.165) is 5.56 Å². The Labute approximate surface area is 137 Å². The van der Waals surface area contributed by atoms with Crippen molar-refractivity contribution in [3.8, 4) is 10.6 Å². The lowest BCUT2D eigenvalue weighted by Crippen LogP contribution is -2.45. The minimum atomic E-state index is -0.464. The summed E-state index contributed by atoms with van der Waals surface area (Å²) in [5.74, 6) is -0.249. The van der Waals surface area contributed by atoms with Gasteiger partial charge < -0.3 is 11.1 Å². The molecule has 1 heterocycles. The van der Waals surface area contributed by atoms with Gasteiger partial charge in [-0.15, -0.1) is 11.3 Å². The maximum absolute atomic E-state index is 12.0. The quantitative estimate of drug-likeness (QED) is 0.891. The zero-order valence-corrected chi connectivity index (χ0v) is 13.9. The Morgan fingerprint density at radius 1 is 1.43 bits per heavy atom. The van der Waals surface area contributed by atoms with E-state index < -0.39 is 5.54 Å². The molecule has 1 aromatic carbocycles. The van der Waals surface area contributed by atoms with E-state index >= 15 is 0 Å². The lowest BCUT2D eigenvalue weighted by Gasteiger charge is -2.18. The van der Waals surface area contributed by atoms with Gasteiger partial charge in [0.25, 0.3) is 5.91 Å².